The van der Waals surface area contributed by atoms with Crippen molar-refractivity contribution in [2.24, 2.45) is 69.0 Å². The van der Waals surface area contributed by atoms with Crippen LogP contribution in [0.25, 0.3) is 0 Å². The molecule has 2 saturated heterocycles. The first-order chi connectivity index (χ1) is 22.7. The number of allylic oxidation sites excluding steroid dienone is 5. The highest BCUT2D eigenvalue weighted by molar-refractivity contribution is 5.76. The minimum absolute atomic E-state index is 0.123. The van der Waals surface area contributed by atoms with Gasteiger partial charge in [-0.15, -0.1) is 0 Å². The van der Waals surface area contributed by atoms with Crippen LogP contribution in [0.5, 0.6) is 0 Å². The summed E-state index contributed by atoms with van der Waals surface area (Å²) in [6, 6.07) is 0.652. The maximum absolute atomic E-state index is 11.7. The van der Waals surface area contributed by atoms with Crippen molar-refractivity contribution in [2.75, 3.05) is 26.2 Å². The van der Waals surface area contributed by atoms with Gasteiger partial charge in [0.2, 0.25) is 0 Å². The Hall–Kier alpha value is -1.43. The molecule has 0 aromatic rings. The van der Waals surface area contributed by atoms with E-state index in [0.717, 1.165) is 38.0 Å². The van der Waals surface area contributed by atoms with E-state index in [1.807, 2.05) is 0 Å². The minimum Gasteiger partial charge on any atom is -0.481 e. The Balaban J connectivity index is 0.977. The highest BCUT2D eigenvalue weighted by atomic mass is 16.5. The quantitative estimate of drug-likeness (QED) is 0.270. The van der Waals surface area contributed by atoms with Crippen LogP contribution in [0.2, 0.25) is 0 Å². The number of morpholine rings is 1. The third-order valence-corrected chi connectivity index (χ3v) is 18.2. The minimum atomic E-state index is -0.590. The van der Waals surface area contributed by atoms with Gasteiger partial charge < -0.3 is 15.2 Å². The van der Waals surface area contributed by atoms with Crippen molar-refractivity contribution in [3.05, 3.63) is 35.5 Å². The van der Waals surface area contributed by atoms with Crippen LogP contribution < -0.4 is 5.32 Å². The lowest BCUT2D eigenvalue weighted by Crippen LogP contribution is -2.68. The Kier molecular flexibility index (Phi) is 7.15. The van der Waals surface area contributed by atoms with Crippen molar-refractivity contribution in [1.29, 1.82) is 0 Å². The van der Waals surface area contributed by atoms with Crippen molar-refractivity contribution < 1.29 is 14.6 Å². The number of carboxylic acids is 1. The first kappa shape index (κ1) is 32.5. The Morgan fingerprint density at radius 3 is 2.52 bits per heavy atom. The molecule has 5 nitrogen and oxygen atoms in total. The average Bonchev–Trinajstić information content (AvgIpc) is 3.54. The molecule has 7 aliphatic carbocycles. The van der Waals surface area contributed by atoms with E-state index in [4.69, 9.17) is 4.74 Å². The second-order valence-corrected chi connectivity index (χ2v) is 20.2. The number of carbonyl (C=O) groups is 1. The van der Waals surface area contributed by atoms with Crippen LogP contribution in [0.15, 0.2) is 35.5 Å². The highest BCUT2D eigenvalue weighted by Gasteiger charge is 2.70. The smallest absolute Gasteiger partial charge is 0.307 e. The highest BCUT2D eigenvalue weighted by Crippen LogP contribution is 2.77. The summed E-state index contributed by atoms with van der Waals surface area (Å²) in [5.41, 5.74) is 5.94. The van der Waals surface area contributed by atoms with Gasteiger partial charge in [-0.2, -0.15) is 0 Å². The molecular formula is C43H64N2O3. The number of nitrogens with zero attached hydrogens (tertiary/aromatic N) is 1. The molecule has 2 bridgehead atoms. The standard InChI is InChI=1S/C43H64N2O3/c1-25(2)29-10-15-43(44-18-19-45-23-28-22-27(45)24-48-28)17-16-41(6)33(37(29)43)8-9-35-40(5)13-11-32(26-20-30-31(21-26)36(30)38(46)47)39(3,4)34(40)12-14-42(35,41)7/h11,20,27-31,33-37,44H,1,8-10,12-19,21-24H2,2-7H3,(H,46,47)/t27?,28-,29-,30?,31?,33+,34-,35+,36?,37+,40-,41+,42+,43-/m0/s1. The largest absolute Gasteiger partial charge is 0.481 e. The molecule has 0 aromatic heterocycles. The summed E-state index contributed by atoms with van der Waals surface area (Å²) in [7, 11) is 0. The number of carboxylic acid groups (broad SMARTS) is 1. The molecule has 4 unspecified atom stereocenters. The van der Waals surface area contributed by atoms with Crippen LogP contribution in [0.1, 0.15) is 112 Å². The molecule has 7 fully saturated rings. The van der Waals surface area contributed by atoms with Gasteiger partial charge in [-0.1, -0.05) is 58.9 Å². The monoisotopic (exact) mass is 656 g/mol. The molecule has 2 heterocycles. The van der Waals surface area contributed by atoms with Gasteiger partial charge in [0.15, 0.2) is 0 Å². The van der Waals surface area contributed by atoms with E-state index in [0.29, 0.717) is 52.1 Å². The zero-order chi connectivity index (χ0) is 33.6. The Bertz CT molecular complexity index is 1460. The number of fused-ring (bicyclic) bond motifs is 10. The number of rotatable bonds is 7. The van der Waals surface area contributed by atoms with Gasteiger partial charge in [0.05, 0.1) is 18.6 Å². The molecule has 5 heteroatoms. The van der Waals surface area contributed by atoms with Crippen LogP contribution >= 0.6 is 0 Å². The topological polar surface area (TPSA) is 61.8 Å². The molecule has 2 N–H and O–H groups in total. The summed E-state index contributed by atoms with van der Waals surface area (Å²) in [5, 5.41) is 14.0. The Morgan fingerprint density at radius 1 is 1.04 bits per heavy atom. The zero-order valence-electron chi connectivity index (χ0n) is 31.0. The van der Waals surface area contributed by atoms with E-state index < -0.39 is 5.97 Å². The first-order valence-corrected chi connectivity index (χ1v) is 20.1. The van der Waals surface area contributed by atoms with E-state index >= 15 is 0 Å². The molecule has 0 radical (unpaired) electrons. The molecule has 48 heavy (non-hydrogen) atoms. The van der Waals surface area contributed by atoms with Crippen LogP contribution in [-0.4, -0.2) is 59.9 Å². The number of aliphatic carboxylic acids is 1. The molecule has 0 spiro atoms. The van der Waals surface area contributed by atoms with E-state index in [-0.39, 0.29) is 22.8 Å². The lowest BCUT2D eigenvalue weighted by molar-refractivity contribution is -0.221. The lowest BCUT2D eigenvalue weighted by Gasteiger charge is -2.72. The van der Waals surface area contributed by atoms with Gasteiger partial charge in [0, 0.05) is 31.2 Å². The van der Waals surface area contributed by atoms with E-state index in [9.17, 15) is 9.90 Å². The van der Waals surface area contributed by atoms with Crippen molar-refractivity contribution in [2.45, 2.75) is 130 Å². The van der Waals surface area contributed by atoms with Crippen LogP contribution in [0.3, 0.4) is 0 Å². The number of ether oxygens (including phenoxy) is 1. The van der Waals surface area contributed by atoms with Crippen molar-refractivity contribution >= 4 is 5.97 Å². The molecule has 5 saturated carbocycles. The molecule has 9 aliphatic rings. The second kappa shape index (κ2) is 10.6. The number of nitrogens with one attached hydrogen (secondary N) is 1. The molecular weight excluding hydrogens is 592 g/mol. The second-order valence-electron chi connectivity index (χ2n) is 20.2. The third-order valence-electron chi connectivity index (χ3n) is 18.2. The average molecular weight is 657 g/mol. The molecule has 9 rings (SSSR count). The summed E-state index contributed by atoms with van der Waals surface area (Å²) in [6.07, 6.45) is 19.7. The number of hydrogen-bond donors (Lipinski definition) is 2. The summed E-state index contributed by atoms with van der Waals surface area (Å²) in [5.74, 6) is 3.47. The normalized spacial score (nSPS) is 52.8. The number of hydrogen-bond acceptors (Lipinski definition) is 4. The fourth-order valence-electron chi connectivity index (χ4n) is 15.8. The van der Waals surface area contributed by atoms with Crippen molar-refractivity contribution in [3.8, 4) is 0 Å². The van der Waals surface area contributed by atoms with Gasteiger partial charge in [-0.25, -0.2) is 0 Å². The Morgan fingerprint density at radius 2 is 1.85 bits per heavy atom. The zero-order valence-corrected chi connectivity index (χ0v) is 31.0. The van der Waals surface area contributed by atoms with E-state index in [2.05, 4.69) is 70.5 Å². The predicted octanol–water partition coefficient (Wildman–Crippen LogP) is 8.27. The lowest BCUT2D eigenvalue weighted by atomic mass is 9.33. The first-order valence-electron chi connectivity index (χ1n) is 20.1. The maximum Gasteiger partial charge on any atom is 0.307 e. The summed E-state index contributed by atoms with van der Waals surface area (Å²) in [6.45, 7) is 24.7. The third kappa shape index (κ3) is 4.22. The van der Waals surface area contributed by atoms with Crippen LogP contribution in [0.4, 0.5) is 0 Å². The van der Waals surface area contributed by atoms with Gasteiger partial charge in [0.1, 0.15) is 0 Å². The fraction of sp³-hybridized carbons (Fsp3) is 0.837. The SMILES string of the molecule is C=C(C)[C@@H]1CC[C@]2(NCCN3C[C@@H]4CC3CO4)CC[C@]3(C)[C@H](CC[C@@H]4[C@@]5(C)CC=C(C6=CC7C(C6)C7C(=O)O)C(C)(C)[C@@H]5CC[C@]43C)[C@@H]12. The molecule has 2 aliphatic heterocycles. The molecule has 264 valence electrons. The van der Waals surface area contributed by atoms with Crippen LogP contribution in [0, 0.1) is 69.0 Å². The maximum atomic E-state index is 11.7. The van der Waals surface area contributed by atoms with Gasteiger partial charge in [-0.3, -0.25) is 9.69 Å². The summed E-state index contributed by atoms with van der Waals surface area (Å²) >= 11 is 0. The fourth-order valence-corrected chi connectivity index (χ4v) is 15.8. The predicted molar refractivity (Wildman–Crippen MR) is 191 cm³/mol. The number of likely N-dealkylation sites (tertiary alicyclic amines) is 1. The van der Waals surface area contributed by atoms with Crippen molar-refractivity contribution in [1.82, 2.24) is 10.2 Å². The van der Waals surface area contributed by atoms with Gasteiger partial charge in [0.25, 0.3) is 0 Å². The molecule has 0 amide bonds. The van der Waals surface area contributed by atoms with E-state index in [1.54, 1.807) is 5.57 Å². The van der Waals surface area contributed by atoms with E-state index in [1.165, 1.54) is 81.9 Å². The van der Waals surface area contributed by atoms with Crippen molar-refractivity contribution in [3.63, 3.8) is 0 Å². The molecule has 14 atom stereocenters. The van der Waals surface area contributed by atoms with Crippen LogP contribution in [-0.2, 0) is 9.53 Å². The van der Waals surface area contributed by atoms with Gasteiger partial charge >= 0.3 is 5.97 Å². The Labute approximate surface area is 290 Å². The van der Waals surface area contributed by atoms with Gasteiger partial charge in [-0.05, 0) is 152 Å². The summed E-state index contributed by atoms with van der Waals surface area (Å²) < 4.78 is 5.91. The summed E-state index contributed by atoms with van der Waals surface area (Å²) in [4.78, 5) is 14.4. The molecule has 0 aromatic carbocycles.